The average molecular weight is 539 g/mol. The van der Waals surface area contributed by atoms with Gasteiger partial charge in [0.2, 0.25) is 0 Å². The van der Waals surface area contributed by atoms with Crippen LogP contribution in [0.1, 0.15) is 18.4 Å². The average Bonchev–Trinajstić information content (AvgIpc) is 3.36. The van der Waals surface area contributed by atoms with Gasteiger partial charge in [-0.15, -0.1) is 0 Å². The van der Waals surface area contributed by atoms with Gasteiger partial charge in [-0.1, -0.05) is 35.3 Å². The van der Waals surface area contributed by atoms with E-state index in [1.165, 1.54) is 5.56 Å². The number of carbonyl (C=O) groups is 1. The summed E-state index contributed by atoms with van der Waals surface area (Å²) in [7, 11) is 1.58. The van der Waals surface area contributed by atoms with E-state index in [-0.39, 0.29) is 12.5 Å². The fourth-order valence-electron chi connectivity index (χ4n) is 4.43. The number of piperidine rings is 1. The van der Waals surface area contributed by atoms with Crippen LogP contribution in [-0.4, -0.2) is 58.5 Å². The van der Waals surface area contributed by atoms with Crippen molar-refractivity contribution in [3.63, 3.8) is 0 Å². The molecule has 0 saturated carbocycles. The first-order chi connectivity index (χ1) is 18.0. The van der Waals surface area contributed by atoms with Crippen molar-refractivity contribution in [3.8, 4) is 17.1 Å². The molecule has 2 aromatic carbocycles. The van der Waals surface area contributed by atoms with Crippen molar-refractivity contribution in [2.75, 3.05) is 32.1 Å². The Kier molecular flexibility index (Phi) is 7.79. The molecule has 1 fully saturated rings. The third-order valence-electron chi connectivity index (χ3n) is 6.51. The number of carbonyl (C=O) groups excluding carboxylic acids is 1. The number of amides is 1. The van der Waals surface area contributed by atoms with Crippen LogP contribution in [0.4, 0.5) is 5.69 Å². The minimum Gasteiger partial charge on any atom is -0.484 e. The number of halogens is 2. The summed E-state index contributed by atoms with van der Waals surface area (Å²) in [4.78, 5) is 26.3. The van der Waals surface area contributed by atoms with E-state index in [4.69, 9.17) is 27.9 Å². The van der Waals surface area contributed by atoms with Crippen LogP contribution in [0, 0.1) is 0 Å². The van der Waals surface area contributed by atoms with Gasteiger partial charge in [0, 0.05) is 43.3 Å². The molecule has 0 aliphatic carbocycles. The maximum atomic E-state index is 11.4. The Morgan fingerprint density at radius 2 is 1.84 bits per heavy atom. The van der Waals surface area contributed by atoms with Crippen LogP contribution in [0.25, 0.3) is 22.6 Å². The van der Waals surface area contributed by atoms with Crippen LogP contribution in [0.5, 0.6) is 5.75 Å². The molecule has 1 saturated heterocycles. The van der Waals surface area contributed by atoms with Crippen molar-refractivity contribution >= 4 is 46.0 Å². The third-order valence-corrected chi connectivity index (χ3v) is 7.04. The highest BCUT2D eigenvalue weighted by molar-refractivity contribution is 6.34. The highest BCUT2D eigenvalue weighted by Gasteiger charge is 2.22. The van der Waals surface area contributed by atoms with Crippen LogP contribution in [-0.2, 0) is 11.3 Å². The SMILES string of the molecule is CNC(=O)COc1ccc(-c2nc3ncc(Cl)c(NC4CCN(Cc5ccc(Cl)cc5)CC4)c3[nH]2)cc1. The largest absolute Gasteiger partial charge is 0.484 e. The highest BCUT2D eigenvalue weighted by Crippen LogP contribution is 2.32. The van der Waals surface area contributed by atoms with Gasteiger partial charge in [0.05, 0.1) is 16.9 Å². The summed E-state index contributed by atoms with van der Waals surface area (Å²) < 4.78 is 5.48. The molecule has 0 atom stereocenters. The monoisotopic (exact) mass is 538 g/mol. The summed E-state index contributed by atoms with van der Waals surface area (Å²) in [6.45, 7) is 2.88. The number of hydrogen-bond acceptors (Lipinski definition) is 6. The number of fused-ring (bicyclic) bond motifs is 1. The predicted octanol–water partition coefficient (Wildman–Crippen LogP) is 5.13. The summed E-state index contributed by atoms with van der Waals surface area (Å²) in [5.74, 6) is 1.11. The number of likely N-dealkylation sites (N-methyl/N-ethyl adjacent to an activating group) is 1. The molecule has 3 N–H and O–H groups in total. The first-order valence-electron chi connectivity index (χ1n) is 12.2. The molecular formula is C27H28Cl2N6O2. The molecule has 5 rings (SSSR count). The van der Waals surface area contributed by atoms with Crippen LogP contribution < -0.4 is 15.4 Å². The Hall–Kier alpha value is -3.33. The molecule has 0 spiro atoms. The maximum absolute atomic E-state index is 11.4. The van der Waals surface area contributed by atoms with Gasteiger partial charge in [0.25, 0.3) is 5.91 Å². The number of hydrogen-bond donors (Lipinski definition) is 3. The Morgan fingerprint density at radius 1 is 1.11 bits per heavy atom. The van der Waals surface area contributed by atoms with Crippen LogP contribution in [0.2, 0.25) is 10.0 Å². The number of anilines is 1. The number of aromatic nitrogens is 3. The van der Waals surface area contributed by atoms with Gasteiger partial charge >= 0.3 is 0 Å². The lowest BCUT2D eigenvalue weighted by atomic mass is 10.0. The molecule has 1 aliphatic rings. The van der Waals surface area contributed by atoms with Gasteiger partial charge in [-0.2, -0.15) is 0 Å². The summed E-state index contributed by atoms with van der Waals surface area (Å²) in [6, 6.07) is 15.7. The smallest absolute Gasteiger partial charge is 0.257 e. The van der Waals surface area contributed by atoms with Gasteiger partial charge in [-0.3, -0.25) is 9.69 Å². The number of pyridine rings is 1. The normalized spacial score (nSPS) is 14.6. The van der Waals surface area contributed by atoms with E-state index < -0.39 is 0 Å². The van der Waals surface area contributed by atoms with E-state index >= 15 is 0 Å². The lowest BCUT2D eigenvalue weighted by Gasteiger charge is -2.33. The van der Waals surface area contributed by atoms with Gasteiger partial charge < -0.3 is 20.4 Å². The third kappa shape index (κ3) is 6.15. The van der Waals surface area contributed by atoms with Crippen molar-refractivity contribution in [1.29, 1.82) is 0 Å². The fourth-order valence-corrected chi connectivity index (χ4v) is 4.75. The lowest BCUT2D eigenvalue weighted by molar-refractivity contribution is -0.122. The topological polar surface area (TPSA) is 95.2 Å². The van der Waals surface area contributed by atoms with Gasteiger partial charge in [0.15, 0.2) is 12.3 Å². The minimum atomic E-state index is -0.184. The first kappa shape index (κ1) is 25.3. The Balaban J connectivity index is 1.25. The minimum absolute atomic E-state index is 0.0298. The molecule has 1 aliphatic heterocycles. The Morgan fingerprint density at radius 3 is 2.54 bits per heavy atom. The number of nitrogens with zero attached hydrogens (tertiary/aromatic N) is 3. The zero-order chi connectivity index (χ0) is 25.8. The zero-order valence-corrected chi connectivity index (χ0v) is 21.9. The molecule has 3 heterocycles. The van der Waals surface area contributed by atoms with Crippen LogP contribution in [0.15, 0.2) is 54.7 Å². The lowest BCUT2D eigenvalue weighted by Crippen LogP contribution is -2.38. The molecule has 4 aromatic rings. The number of ether oxygens (including phenoxy) is 1. The second kappa shape index (κ2) is 11.4. The maximum Gasteiger partial charge on any atom is 0.257 e. The quantitative estimate of drug-likeness (QED) is 0.287. The molecule has 2 aromatic heterocycles. The van der Waals surface area contributed by atoms with E-state index in [2.05, 4.69) is 42.6 Å². The van der Waals surface area contributed by atoms with Crippen LogP contribution in [0.3, 0.4) is 0 Å². The molecule has 10 heteroatoms. The second-order valence-electron chi connectivity index (χ2n) is 9.07. The van der Waals surface area contributed by atoms with E-state index in [0.29, 0.717) is 28.3 Å². The van der Waals surface area contributed by atoms with E-state index in [9.17, 15) is 4.79 Å². The predicted molar refractivity (Wildman–Crippen MR) is 147 cm³/mol. The summed E-state index contributed by atoms with van der Waals surface area (Å²) >= 11 is 12.6. The molecule has 8 nitrogen and oxygen atoms in total. The van der Waals surface area contributed by atoms with E-state index in [1.807, 2.05) is 36.4 Å². The summed E-state index contributed by atoms with van der Waals surface area (Å²) in [5.41, 5.74) is 4.36. The number of rotatable bonds is 8. The van der Waals surface area contributed by atoms with Crippen molar-refractivity contribution in [2.45, 2.75) is 25.4 Å². The zero-order valence-electron chi connectivity index (χ0n) is 20.4. The number of benzene rings is 2. The van der Waals surface area contributed by atoms with E-state index in [1.54, 1.807) is 13.2 Å². The van der Waals surface area contributed by atoms with Crippen molar-refractivity contribution < 1.29 is 9.53 Å². The molecule has 192 valence electrons. The highest BCUT2D eigenvalue weighted by atomic mass is 35.5. The van der Waals surface area contributed by atoms with Crippen molar-refractivity contribution in [2.24, 2.45) is 0 Å². The Labute approximate surface area is 225 Å². The summed E-state index contributed by atoms with van der Waals surface area (Å²) in [5, 5.41) is 7.50. The van der Waals surface area contributed by atoms with Crippen molar-refractivity contribution in [1.82, 2.24) is 25.2 Å². The first-order valence-corrected chi connectivity index (χ1v) is 13.0. The number of aromatic amines is 1. The van der Waals surface area contributed by atoms with Gasteiger partial charge in [-0.25, -0.2) is 9.97 Å². The van der Waals surface area contributed by atoms with E-state index in [0.717, 1.165) is 54.3 Å². The molecule has 1 amide bonds. The summed E-state index contributed by atoms with van der Waals surface area (Å²) in [6.07, 6.45) is 3.65. The molecule has 0 unspecified atom stereocenters. The second-order valence-corrected chi connectivity index (χ2v) is 9.92. The number of likely N-dealkylation sites (tertiary alicyclic amines) is 1. The molecule has 0 radical (unpaired) electrons. The standard InChI is InChI=1S/C27H28Cl2N6O2/c1-30-23(36)16-37-21-8-4-18(5-9-21)26-33-25-24(22(29)14-31-27(25)34-26)32-20-10-12-35(13-11-20)15-17-2-6-19(28)7-3-17/h2-9,14,20H,10-13,15-16H2,1H3,(H,30,36)(H2,31,32,33,34). The molecular weight excluding hydrogens is 511 g/mol. The fraction of sp³-hybridized carbons (Fsp3) is 0.296. The number of imidazole rings is 1. The Bertz CT molecular complexity index is 1370. The molecule has 37 heavy (non-hydrogen) atoms. The molecule has 0 bridgehead atoms. The number of H-pyrrole nitrogens is 1. The van der Waals surface area contributed by atoms with Crippen LogP contribution >= 0.6 is 23.2 Å². The van der Waals surface area contributed by atoms with Gasteiger partial charge in [-0.05, 0) is 54.8 Å². The van der Waals surface area contributed by atoms with Crippen molar-refractivity contribution in [3.05, 3.63) is 70.3 Å². The number of nitrogens with one attached hydrogen (secondary N) is 3. The van der Waals surface area contributed by atoms with Gasteiger partial charge in [0.1, 0.15) is 17.1 Å².